The van der Waals surface area contributed by atoms with Crippen molar-refractivity contribution in [1.29, 1.82) is 0 Å². The third-order valence-electron chi connectivity index (χ3n) is 8.04. The topological polar surface area (TPSA) is 8.81 Å². The molecule has 1 heterocycles. The van der Waals surface area contributed by atoms with Gasteiger partial charge >= 0.3 is 0 Å². The second-order valence-electron chi connectivity index (χ2n) is 11.5. The molecule has 0 aliphatic heterocycles. The van der Waals surface area contributed by atoms with Crippen molar-refractivity contribution >= 4 is 0 Å². The number of hydrogen-bond acceptors (Lipinski definition) is 0. The predicted molar refractivity (Wildman–Crippen MR) is 162 cm³/mol. The van der Waals surface area contributed by atoms with E-state index in [1.807, 2.05) is 0 Å². The normalized spacial score (nSPS) is 11.4. The van der Waals surface area contributed by atoms with Crippen molar-refractivity contribution in [3.8, 4) is 0 Å². The Labute approximate surface area is 231 Å². The molecule has 0 unspecified atom stereocenters. The summed E-state index contributed by atoms with van der Waals surface area (Å²) in [4.78, 5) is 0. The van der Waals surface area contributed by atoms with Crippen LogP contribution in [0, 0.1) is 0 Å². The van der Waals surface area contributed by atoms with E-state index >= 15 is 0 Å². The number of rotatable bonds is 25. The van der Waals surface area contributed by atoms with Crippen LogP contribution in [0.5, 0.6) is 0 Å². The van der Waals surface area contributed by atoms with Crippen LogP contribution < -0.4 is 4.57 Å². The zero-order valence-corrected chi connectivity index (χ0v) is 24.9. The van der Waals surface area contributed by atoms with Crippen molar-refractivity contribution in [2.75, 3.05) is 0 Å². The van der Waals surface area contributed by atoms with Crippen LogP contribution in [0.2, 0.25) is 0 Å². The summed E-state index contributed by atoms with van der Waals surface area (Å²) in [6.07, 6.45) is 35.5. The largest absolute Gasteiger partial charge is 0.256 e. The molecule has 2 aromatic rings. The Bertz CT molecular complexity index is 748. The Kier molecular flexibility index (Phi) is 19.2. The van der Waals surface area contributed by atoms with Crippen molar-refractivity contribution in [1.82, 2.24) is 4.57 Å². The molecule has 0 saturated carbocycles. The number of imidazole rings is 1. The maximum absolute atomic E-state index is 2.57. The molecule has 0 saturated heterocycles. The van der Waals surface area contributed by atoms with Crippen molar-refractivity contribution in [3.63, 3.8) is 0 Å². The molecule has 0 radical (unpaired) electrons. The number of aromatic nitrogens is 2. The van der Waals surface area contributed by atoms with Gasteiger partial charge in [-0.15, -0.1) is 0 Å². The van der Waals surface area contributed by atoms with E-state index < -0.39 is 0 Å². The van der Waals surface area contributed by atoms with Crippen LogP contribution in [-0.2, 0) is 19.5 Å². The summed E-state index contributed by atoms with van der Waals surface area (Å²) < 4.78 is 5.08. The standard InChI is InChI=1S/C35H61N2/c1-3-5-7-9-11-13-14-15-16-17-18-20-25-29-35-36(30-26-21-19-12-10-8-6-4-2)31-32-37(35)33-34-27-23-22-24-28-34/h22-24,27-28,31-32H,3-21,25-26,29-30,33H2,1-2H3/q+1. The number of aryl methyl sites for hydroxylation is 1. The summed E-state index contributed by atoms with van der Waals surface area (Å²) >= 11 is 0. The Balaban J connectivity index is 1.67. The lowest BCUT2D eigenvalue weighted by molar-refractivity contribution is -0.695. The summed E-state index contributed by atoms with van der Waals surface area (Å²) in [6.45, 7) is 6.79. The highest BCUT2D eigenvalue weighted by Gasteiger charge is 2.17. The monoisotopic (exact) mass is 509 g/mol. The Morgan fingerprint density at radius 1 is 0.541 bits per heavy atom. The second-order valence-corrected chi connectivity index (χ2v) is 11.5. The summed E-state index contributed by atoms with van der Waals surface area (Å²) in [5, 5.41) is 0. The van der Waals surface area contributed by atoms with Gasteiger partial charge in [-0.1, -0.05) is 160 Å². The molecular weight excluding hydrogens is 448 g/mol. The average Bonchev–Trinajstić information content (AvgIpc) is 3.29. The smallest absolute Gasteiger partial charge is 0.234 e. The SMILES string of the molecule is CCCCCCCCCCCCCCCc1n(CCCCCCCCCC)cc[n+]1Cc1ccccc1. The molecule has 0 spiro atoms. The van der Waals surface area contributed by atoms with Gasteiger partial charge in [-0.2, -0.15) is 0 Å². The first-order valence-electron chi connectivity index (χ1n) is 16.5. The van der Waals surface area contributed by atoms with Crippen LogP contribution in [0.3, 0.4) is 0 Å². The van der Waals surface area contributed by atoms with Gasteiger partial charge in [-0.3, -0.25) is 0 Å². The van der Waals surface area contributed by atoms with Crippen LogP contribution >= 0.6 is 0 Å². The van der Waals surface area contributed by atoms with Crippen LogP contribution in [0.1, 0.15) is 160 Å². The number of benzene rings is 1. The average molecular weight is 510 g/mol. The van der Waals surface area contributed by atoms with Gasteiger partial charge in [-0.05, 0) is 24.8 Å². The zero-order valence-electron chi connectivity index (χ0n) is 24.9. The minimum atomic E-state index is 0.999. The van der Waals surface area contributed by atoms with E-state index in [2.05, 4.69) is 65.7 Å². The maximum Gasteiger partial charge on any atom is 0.256 e. The third-order valence-corrected chi connectivity index (χ3v) is 8.04. The van der Waals surface area contributed by atoms with E-state index in [4.69, 9.17) is 0 Å². The maximum atomic E-state index is 2.57. The number of nitrogens with zero attached hydrogens (tertiary/aromatic N) is 2. The summed E-state index contributed by atoms with van der Waals surface area (Å²) in [6, 6.07) is 11.0. The summed E-state index contributed by atoms with van der Waals surface area (Å²) in [5.74, 6) is 1.54. The van der Waals surface area contributed by atoms with E-state index in [1.165, 1.54) is 159 Å². The van der Waals surface area contributed by atoms with E-state index in [-0.39, 0.29) is 0 Å². The highest BCUT2D eigenvalue weighted by atomic mass is 15.1. The molecule has 1 aromatic heterocycles. The molecule has 0 aliphatic carbocycles. The molecule has 0 fully saturated rings. The first kappa shape index (κ1) is 31.6. The summed E-state index contributed by atoms with van der Waals surface area (Å²) in [7, 11) is 0. The van der Waals surface area contributed by atoms with Gasteiger partial charge < -0.3 is 0 Å². The molecule has 0 amide bonds. The molecule has 210 valence electrons. The van der Waals surface area contributed by atoms with Gasteiger partial charge in [0.25, 0.3) is 5.82 Å². The van der Waals surface area contributed by atoms with Crippen LogP contribution in [0.15, 0.2) is 42.7 Å². The third kappa shape index (κ3) is 15.4. The number of hydrogen-bond donors (Lipinski definition) is 0. The van der Waals surface area contributed by atoms with Gasteiger partial charge in [0.2, 0.25) is 0 Å². The molecule has 0 N–H and O–H groups in total. The first-order chi connectivity index (χ1) is 18.3. The molecule has 2 heteroatoms. The van der Waals surface area contributed by atoms with Gasteiger partial charge in [0.1, 0.15) is 18.9 Å². The van der Waals surface area contributed by atoms with Crippen LogP contribution in [0.25, 0.3) is 0 Å². The molecule has 2 nitrogen and oxygen atoms in total. The first-order valence-corrected chi connectivity index (χ1v) is 16.5. The fourth-order valence-corrected chi connectivity index (χ4v) is 5.63. The lowest BCUT2D eigenvalue weighted by atomic mass is 10.0. The van der Waals surface area contributed by atoms with Crippen molar-refractivity contribution in [3.05, 3.63) is 54.1 Å². The van der Waals surface area contributed by atoms with E-state index in [1.54, 1.807) is 0 Å². The van der Waals surface area contributed by atoms with Crippen LogP contribution in [0.4, 0.5) is 0 Å². The Morgan fingerprint density at radius 3 is 1.51 bits per heavy atom. The highest BCUT2D eigenvalue weighted by Crippen LogP contribution is 2.14. The lowest BCUT2D eigenvalue weighted by Crippen LogP contribution is -2.37. The van der Waals surface area contributed by atoms with Crippen LogP contribution in [-0.4, -0.2) is 4.57 Å². The van der Waals surface area contributed by atoms with E-state index in [0.717, 1.165) is 6.54 Å². The van der Waals surface area contributed by atoms with Gasteiger partial charge in [0.15, 0.2) is 0 Å². The van der Waals surface area contributed by atoms with Gasteiger partial charge in [0, 0.05) is 6.42 Å². The van der Waals surface area contributed by atoms with E-state index in [0.29, 0.717) is 0 Å². The Morgan fingerprint density at radius 2 is 1.00 bits per heavy atom. The lowest BCUT2D eigenvalue weighted by Gasteiger charge is -2.07. The number of unbranched alkanes of at least 4 members (excludes halogenated alkanes) is 19. The minimum Gasteiger partial charge on any atom is -0.234 e. The summed E-state index contributed by atoms with van der Waals surface area (Å²) in [5.41, 5.74) is 1.41. The molecule has 0 bridgehead atoms. The minimum absolute atomic E-state index is 0.999. The quantitative estimate of drug-likeness (QED) is 0.0929. The highest BCUT2D eigenvalue weighted by molar-refractivity contribution is 5.13. The van der Waals surface area contributed by atoms with Crippen molar-refractivity contribution < 1.29 is 4.57 Å². The van der Waals surface area contributed by atoms with Crippen molar-refractivity contribution in [2.45, 2.75) is 168 Å². The molecule has 2 rings (SSSR count). The fraction of sp³-hybridized carbons (Fsp3) is 0.743. The molecule has 37 heavy (non-hydrogen) atoms. The van der Waals surface area contributed by atoms with Gasteiger partial charge in [-0.25, -0.2) is 9.13 Å². The Hall–Kier alpha value is -1.57. The van der Waals surface area contributed by atoms with Crippen molar-refractivity contribution in [2.24, 2.45) is 0 Å². The fourth-order valence-electron chi connectivity index (χ4n) is 5.63. The zero-order chi connectivity index (χ0) is 26.2. The molecule has 0 aliphatic rings. The second kappa shape index (κ2) is 22.4. The molecular formula is C35H61N2+. The molecule has 1 aromatic carbocycles. The molecule has 0 atom stereocenters. The van der Waals surface area contributed by atoms with E-state index in [9.17, 15) is 0 Å². The predicted octanol–water partition coefficient (Wildman–Crippen LogP) is 10.6. The van der Waals surface area contributed by atoms with Gasteiger partial charge in [0.05, 0.1) is 6.54 Å².